The van der Waals surface area contributed by atoms with E-state index in [0.717, 1.165) is 46.5 Å². The molecule has 2 aliphatic rings. The van der Waals surface area contributed by atoms with Gasteiger partial charge < -0.3 is 10.6 Å². The highest BCUT2D eigenvalue weighted by Crippen LogP contribution is 2.44. The number of nitrogens with zero attached hydrogens (tertiary/aromatic N) is 3. The van der Waals surface area contributed by atoms with Gasteiger partial charge in [-0.1, -0.05) is 12.1 Å². The maximum Gasteiger partial charge on any atom is 0.156 e. The third-order valence-corrected chi connectivity index (χ3v) is 5.69. The third kappa shape index (κ3) is 2.53. The van der Waals surface area contributed by atoms with E-state index in [2.05, 4.69) is 48.9 Å². The van der Waals surface area contributed by atoms with Gasteiger partial charge in [0.2, 0.25) is 0 Å². The molecule has 2 atom stereocenters. The summed E-state index contributed by atoms with van der Waals surface area (Å²) in [4.78, 5) is 0. The van der Waals surface area contributed by atoms with E-state index in [1.165, 1.54) is 0 Å². The molecule has 2 aromatic rings. The first kappa shape index (κ1) is 15.9. The van der Waals surface area contributed by atoms with E-state index < -0.39 is 0 Å². The van der Waals surface area contributed by atoms with Crippen LogP contribution in [0.15, 0.2) is 40.1 Å². The van der Waals surface area contributed by atoms with E-state index >= 15 is 0 Å². The molecule has 0 aliphatic carbocycles. The Morgan fingerprint density at radius 3 is 2.80 bits per heavy atom. The lowest BCUT2D eigenvalue weighted by atomic mass is 9.81. The lowest BCUT2D eigenvalue weighted by Crippen LogP contribution is -2.32. The molecule has 0 radical (unpaired) electrons. The van der Waals surface area contributed by atoms with Crippen LogP contribution in [0.4, 0.5) is 5.82 Å². The second-order valence-electron chi connectivity index (χ2n) is 6.16. The monoisotopic (exact) mass is 394 g/mol. The van der Waals surface area contributed by atoms with Gasteiger partial charge >= 0.3 is 0 Å². The van der Waals surface area contributed by atoms with Gasteiger partial charge in [-0.05, 0) is 46.9 Å². The smallest absolute Gasteiger partial charge is 0.156 e. The Balaban J connectivity index is 1.93. The summed E-state index contributed by atoms with van der Waals surface area (Å²) in [5.74, 6) is 0.474. The van der Waals surface area contributed by atoms with Crippen LogP contribution >= 0.6 is 15.9 Å². The zero-order valence-electron chi connectivity index (χ0n) is 13.3. The molecule has 1 aromatic carbocycles. The van der Waals surface area contributed by atoms with Gasteiger partial charge in [-0.15, -0.1) is 0 Å². The van der Waals surface area contributed by atoms with Crippen LogP contribution in [-0.4, -0.2) is 22.8 Å². The number of aromatic amines is 1. The normalized spacial score (nSPS) is 22.0. The molecule has 6 nitrogen and oxygen atoms in total. The molecular weight excluding hydrogens is 380 g/mol. The van der Waals surface area contributed by atoms with Crippen LogP contribution < -0.4 is 10.6 Å². The molecule has 2 aliphatic heterocycles. The quantitative estimate of drug-likeness (QED) is 0.726. The van der Waals surface area contributed by atoms with Crippen LogP contribution in [0.1, 0.15) is 35.4 Å². The molecule has 3 heterocycles. The Labute approximate surface area is 153 Å². The van der Waals surface area contributed by atoms with Crippen molar-refractivity contribution in [3.63, 3.8) is 0 Å². The number of nitriles is 2. The SMILES string of the molecule is N#CC1=C(C2CCCN2)Nc2n[nH]cc2C1c1cccc(C#N)c1Br. The predicted octanol–water partition coefficient (Wildman–Crippen LogP) is 3.13. The lowest BCUT2D eigenvalue weighted by Gasteiger charge is -2.29. The van der Waals surface area contributed by atoms with Crippen molar-refractivity contribution in [1.82, 2.24) is 15.5 Å². The van der Waals surface area contributed by atoms with Crippen molar-refractivity contribution >= 4 is 21.7 Å². The van der Waals surface area contributed by atoms with Crippen molar-refractivity contribution in [2.75, 3.05) is 11.9 Å². The van der Waals surface area contributed by atoms with Crippen molar-refractivity contribution < 1.29 is 0 Å². The molecule has 124 valence electrons. The molecule has 3 N–H and O–H groups in total. The summed E-state index contributed by atoms with van der Waals surface area (Å²) in [7, 11) is 0. The fourth-order valence-electron chi connectivity index (χ4n) is 3.64. The standard InChI is InChI=1S/C18H15BrN6/c19-16-10(7-20)3-1-4-11(16)15-12(8-21)17(14-5-2-6-22-14)24-18-13(15)9-23-25-18/h1,3-4,9,14-15,22H,2,5-6H2,(H2,23,24,25). The second kappa shape index (κ2) is 6.36. The highest BCUT2D eigenvalue weighted by molar-refractivity contribution is 9.10. The molecule has 25 heavy (non-hydrogen) atoms. The molecule has 1 aromatic heterocycles. The third-order valence-electron chi connectivity index (χ3n) is 4.80. The van der Waals surface area contributed by atoms with Crippen LogP contribution in [0.2, 0.25) is 0 Å². The molecule has 0 bridgehead atoms. The Morgan fingerprint density at radius 1 is 1.20 bits per heavy atom. The van der Waals surface area contributed by atoms with Gasteiger partial charge in [0.15, 0.2) is 5.82 Å². The highest BCUT2D eigenvalue weighted by Gasteiger charge is 2.36. The molecule has 7 heteroatoms. The summed E-state index contributed by atoms with van der Waals surface area (Å²) in [5, 5.41) is 33.3. The van der Waals surface area contributed by atoms with E-state index in [1.807, 2.05) is 18.3 Å². The van der Waals surface area contributed by atoms with E-state index in [-0.39, 0.29) is 12.0 Å². The molecule has 1 saturated heterocycles. The molecule has 2 unspecified atom stereocenters. The van der Waals surface area contributed by atoms with Crippen LogP contribution in [0.5, 0.6) is 0 Å². The number of benzene rings is 1. The molecular formula is C18H15BrN6. The Morgan fingerprint density at radius 2 is 2.08 bits per heavy atom. The topological polar surface area (TPSA) is 100 Å². The highest BCUT2D eigenvalue weighted by atomic mass is 79.9. The number of allylic oxidation sites excluding steroid dienone is 1. The number of aromatic nitrogens is 2. The van der Waals surface area contributed by atoms with Crippen LogP contribution in [0.25, 0.3) is 0 Å². The van der Waals surface area contributed by atoms with Crippen molar-refractivity contribution in [3.8, 4) is 12.1 Å². The van der Waals surface area contributed by atoms with Crippen molar-refractivity contribution in [3.05, 3.63) is 56.8 Å². The fraction of sp³-hybridized carbons (Fsp3) is 0.278. The van der Waals surface area contributed by atoms with Gasteiger partial charge in [0.05, 0.1) is 23.1 Å². The average molecular weight is 395 g/mol. The summed E-state index contributed by atoms with van der Waals surface area (Å²) < 4.78 is 0.725. The second-order valence-corrected chi connectivity index (χ2v) is 6.95. The van der Waals surface area contributed by atoms with E-state index in [9.17, 15) is 10.5 Å². The lowest BCUT2D eigenvalue weighted by molar-refractivity contribution is 0.676. The van der Waals surface area contributed by atoms with E-state index in [0.29, 0.717) is 11.1 Å². The Bertz CT molecular complexity index is 939. The van der Waals surface area contributed by atoms with Crippen LogP contribution in [0, 0.1) is 22.7 Å². The van der Waals surface area contributed by atoms with Crippen molar-refractivity contribution in [2.45, 2.75) is 24.8 Å². The first-order chi connectivity index (χ1) is 12.2. The summed E-state index contributed by atoms with van der Waals surface area (Å²) in [6.07, 6.45) is 3.88. The van der Waals surface area contributed by atoms with Crippen molar-refractivity contribution in [1.29, 1.82) is 10.5 Å². The number of hydrogen-bond donors (Lipinski definition) is 3. The summed E-state index contributed by atoms with van der Waals surface area (Å²) in [5.41, 5.74) is 3.92. The summed E-state index contributed by atoms with van der Waals surface area (Å²) in [6, 6.07) is 10.3. The van der Waals surface area contributed by atoms with Gasteiger partial charge in [-0.25, -0.2) is 0 Å². The number of hydrogen-bond acceptors (Lipinski definition) is 5. The number of nitrogens with one attached hydrogen (secondary N) is 3. The molecule has 1 fully saturated rings. The largest absolute Gasteiger partial charge is 0.340 e. The minimum atomic E-state index is -0.264. The maximum atomic E-state index is 9.95. The van der Waals surface area contributed by atoms with Crippen molar-refractivity contribution in [2.24, 2.45) is 0 Å². The predicted molar refractivity (Wildman–Crippen MR) is 96.6 cm³/mol. The number of fused-ring (bicyclic) bond motifs is 1. The molecule has 0 spiro atoms. The first-order valence-electron chi connectivity index (χ1n) is 8.11. The van der Waals surface area contributed by atoms with Crippen LogP contribution in [-0.2, 0) is 0 Å². The first-order valence-corrected chi connectivity index (χ1v) is 8.90. The zero-order valence-corrected chi connectivity index (χ0v) is 14.9. The molecule has 0 saturated carbocycles. The molecule has 4 rings (SSSR count). The van der Waals surface area contributed by atoms with Gasteiger partial charge in [0, 0.05) is 28.0 Å². The van der Waals surface area contributed by atoms with Gasteiger partial charge in [-0.3, -0.25) is 5.10 Å². The minimum absolute atomic E-state index is 0.125. The molecule has 0 amide bonds. The Hall–Kier alpha value is -2.61. The fourth-order valence-corrected chi connectivity index (χ4v) is 4.22. The Kier molecular flexibility index (Phi) is 4.04. The van der Waals surface area contributed by atoms with Gasteiger partial charge in [-0.2, -0.15) is 15.6 Å². The summed E-state index contributed by atoms with van der Waals surface area (Å²) in [6.45, 7) is 0.945. The summed E-state index contributed by atoms with van der Waals surface area (Å²) >= 11 is 3.56. The number of H-pyrrole nitrogens is 1. The van der Waals surface area contributed by atoms with Gasteiger partial charge in [0.25, 0.3) is 0 Å². The minimum Gasteiger partial charge on any atom is -0.340 e. The van der Waals surface area contributed by atoms with E-state index in [4.69, 9.17) is 0 Å². The van der Waals surface area contributed by atoms with E-state index in [1.54, 1.807) is 6.07 Å². The maximum absolute atomic E-state index is 9.95. The van der Waals surface area contributed by atoms with Crippen LogP contribution in [0.3, 0.4) is 0 Å². The average Bonchev–Trinajstić information content (AvgIpc) is 3.31. The van der Waals surface area contributed by atoms with Gasteiger partial charge in [0.1, 0.15) is 6.07 Å². The number of anilines is 1. The zero-order chi connectivity index (χ0) is 17.4. The number of halogens is 1. The number of rotatable bonds is 2.